The maximum Gasteiger partial charge on any atom is 0.319 e. The number of nitrogens with zero attached hydrogens (tertiary/aromatic N) is 4. The van der Waals surface area contributed by atoms with Crippen molar-refractivity contribution in [3.63, 3.8) is 0 Å². The van der Waals surface area contributed by atoms with E-state index in [9.17, 15) is 10.1 Å². The molecule has 0 spiro atoms. The number of nitriles is 1. The third-order valence-electron chi connectivity index (χ3n) is 6.17. The minimum atomic E-state index is -0.251. The van der Waals surface area contributed by atoms with Gasteiger partial charge in [0.25, 0.3) is 0 Å². The lowest BCUT2D eigenvalue weighted by Crippen LogP contribution is -2.34. The number of fused-ring (bicyclic) bond motifs is 1. The highest BCUT2D eigenvalue weighted by molar-refractivity contribution is 5.96. The van der Waals surface area contributed by atoms with Crippen LogP contribution in [0.2, 0.25) is 0 Å². The number of ether oxygens (including phenoxy) is 1. The molecule has 1 aromatic heterocycles. The molecule has 0 unspecified atom stereocenters. The molecule has 36 heavy (non-hydrogen) atoms. The van der Waals surface area contributed by atoms with E-state index in [1.807, 2.05) is 56.3 Å². The first-order valence-electron chi connectivity index (χ1n) is 12.1. The first-order valence-corrected chi connectivity index (χ1v) is 12.1. The standard InChI is InChI=1S/C26H32N8O2/c1-17(2)31-26(35)32-19-8-6-18(7-9-19)25-23(15-27)22-11-10-21(36-13-12-33(29)30-16-28)14-24(22)34(25)20-4-3-5-20/h6-11,14,16-17,20H,3-5,12-13,29H2,1-2H3,(H2,28,30)(H2,31,32,35). The summed E-state index contributed by atoms with van der Waals surface area (Å²) in [6, 6.07) is 15.9. The number of hydrogen-bond acceptors (Lipinski definition) is 6. The number of nitrogens with one attached hydrogen (secondary N) is 2. The molecule has 0 atom stereocenters. The second kappa shape index (κ2) is 11.0. The van der Waals surface area contributed by atoms with E-state index in [2.05, 4.69) is 26.4 Å². The number of benzene rings is 2. The molecule has 10 nitrogen and oxygen atoms in total. The molecule has 1 saturated carbocycles. The van der Waals surface area contributed by atoms with Crippen molar-refractivity contribution in [2.45, 2.75) is 45.2 Å². The maximum atomic E-state index is 12.1. The minimum Gasteiger partial charge on any atom is -0.492 e. The fourth-order valence-corrected chi connectivity index (χ4v) is 4.34. The van der Waals surface area contributed by atoms with Gasteiger partial charge in [-0.05, 0) is 62.9 Å². The zero-order valence-corrected chi connectivity index (χ0v) is 20.6. The molecule has 3 aromatic rings. The zero-order valence-electron chi connectivity index (χ0n) is 20.6. The molecule has 1 heterocycles. The third kappa shape index (κ3) is 5.37. The van der Waals surface area contributed by atoms with Gasteiger partial charge in [0.2, 0.25) is 0 Å². The molecule has 2 aromatic carbocycles. The van der Waals surface area contributed by atoms with Gasteiger partial charge in [-0.3, -0.25) is 0 Å². The summed E-state index contributed by atoms with van der Waals surface area (Å²) in [6.45, 7) is 4.52. The lowest BCUT2D eigenvalue weighted by molar-refractivity contribution is 0.219. The summed E-state index contributed by atoms with van der Waals surface area (Å²) < 4.78 is 8.18. The molecule has 10 heteroatoms. The van der Waals surface area contributed by atoms with Crippen LogP contribution in [-0.2, 0) is 0 Å². The summed E-state index contributed by atoms with van der Waals surface area (Å²) in [5, 5.41) is 21.7. The Hall–Kier alpha value is -4.23. The Labute approximate surface area is 210 Å². The average molecular weight is 489 g/mol. The topological polar surface area (TPSA) is 147 Å². The van der Waals surface area contributed by atoms with Crippen molar-refractivity contribution in [1.82, 2.24) is 15.0 Å². The van der Waals surface area contributed by atoms with E-state index in [-0.39, 0.29) is 12.1 Å². The van der Waals surface area contributed by atoms with Gasteiger partial charge < -0.3 is 25.7 Å². The van der Waals surface area contributed by atoms with Gasteiger partial charge in [0.15, 0.2) is 0 Å². The van der Waals surface area contributed by atoms with E-state index in [0.29, 0.717) is 36.2 Å². The number of rotatable bonds is 9. The van der Waals surface area contributed by atoms with Crippen LogP contribution in [0.25, 0.3) is 22.2 Å². The van der Waals surface area contributed by atoms with E-state index in [0.717, 1.165) is 47.8 Å². The van der Waals surface area contributed by atoms with Crippen molar-refractivity contribution in [2.75, 3.05) is 18.5 Å². The molecule has 1 fully saturated rings. The fourth-order valence-electron chi connectivity index (χ4n) is 4.34. The second-order valence-corrected chi connectivity index (χ2v) is 9.08. The van der Waals surface area contributed by atoms with Crippen LogP contribution in [0.5, 0.6) is 5.75 Å². The predicted molar refractivity (Wildman–Crippen MR) is 141 cm³/mol. The Balaban J connectivity index is 1.67. The Morgan fingerprint density at radius 1 is 1.31 bits per heavy atom. The van der Waals surface area contributed by atoms with Crippen LogP contribution in [0, 0.1) is 11.3 Å². The molecule has 0 radical (unpaired) electrons. The van der Waals surface area contributed by atoms with Crippen molar-refractivity contribution in [3.8, 4) is 23.1 Å². The quantitative estimate of drug-likeness (QED) is 0.155. The van der Waals surface area contributed by atoms with E-state index in [1.54, 1.807) is 0 Å². The molecule has 0 aliphatic heterocycles. The Bertz CT molecular complexity index is 1290. The van der Waals surface area contributed by atoms with Gasteiger partial charge in [0.1, 0.15) is 24.8 Å². The van der Waals surface area contributed by atoms with Gasteiger partial charge in [0.05, 0.1) is 23.3 Å². The second-order valence-electron chi connectivity index (χ2n) is 9.08. The van der Waals surface area contributed by atoms with Gasteiger partial charge >= 0.3 is 6.03 Å². The van der Waals surface area contributed by atoms with E-state index in [1.165, 1.54) is 5.12 Å². The number of carbonyl (C=O) groups excluding carboxylic acids is 1. The van der Waals surface area contributed by atoms with Crippen LogP contribution in [0.3, 0.4) is 0 Å². The highest BCUT2D eigenvalue weighted by Crippen LogP contribution is 2.43. The fraction of sp³-hybridized carbons (Fsp3) is 0.346. The van der Waals surface area contributed by atoms with Crippen LogP contribution in [0.15, 0.2) is 47.6 Å². The van der Waals surface area contributed by atoms with Crippen molar-refractivity contribution >= 4 is 29.0 Å². The molecule has 4 rings (SSSR count). The van der Waals surface area contributed by atoms with Crippen LogP contribution in [0.4, 0.5) is 10.5 Å². The summed E-state index contributed by atoms with van der Waals surface area (Å²) in [4.78, 5) is 12.1. The zero-order chi connectivity index (χ0) is 25.7. The summed E-state index contributed by atoms with van der Waals surface area (Å²) in [6.07, 6.45) is 4.40. The molecule has 1 aliphatic carbocycles. The molecule has 1 aliphatic rings. The summed E-state index contributed by atoms with van der Waals surface area (Å²) in [7, 11) is 0. The van der Waals surface area contributed by atoms with Gasteiger partial charge in [0, 0.05) is 29.2 Å². The lowest BCUT2D eigenvalue weighted by atomic mass is 9.92. The van der Waals surface area contributed by atoms with E-state index < -0.39 is 0 Å². The van der Waals surface area contributed by atoms with Crippen LogP contribution < -0.4 is 26.9 Å². The Morgan fingerprint density at radius 3 is 2.67 bits per heavy atom. The van der Waals surface area contributed by atoms with Crippen molar-refractivity contribution < 1.29 is 9.53 Å². The summed E-state index contributed by atoms with van der Waals surface area (Å²) in [5.41, 5.74) is 9.35. The number of urea groups is 1. The largest absolute Gasteiger partial charge is 0.492 e. The van der Waals surface area contributed by atoms with Gasteiger partial charge in [-0.1, -0.05) is 12.1 Å². The summed E-state index contributed by atoms with van der Waals surface area (Å²) in [5.74, 6) is 6.39. The molecule has 2 amide bonds. The molecular weight excluding hydrogens is 456 g/mol. The van der Waals surface area contributed by atoms with E-state index in [4.69, 9.17) is 16.3 Å². The molecule has 0 bridgehead atoms. The van der Waals surface area contributed by atoms with Crippen molar-refractivity contribution in [1.29, 1.82) is 5.26 Å². The predicted octanol–water partition coefficient (Wildman–Crippen LogP) is 3.89. The first kappa shape index (κ1) is 24.9. The highest BCUT2D eigenvalue weighted by Gasteiger charge is 2.28. The van der Waals surface area contributed by atoms with Gasteiger partial charge in [-0.2, -0.15) is 10.4 Å². The third-order valence-corrected chi connectivity index (χ3v) is 6.17. The number of carbonyl (C=O) groups is 1. The first-order chi connectivity index (χ1) is 17.4. The molecule has 188 valence electrons. The SMILES string of the molecule is CC(C)NC(=O)Nc1ccc(-c2c(C#N)c3ccc(OCCN(N)/N=C\N)cc3n2C2CCC2)cc1. The van der Waals surface area contributed by atoms with Crippen LogP contribution in [0.1, 0.15) is 44.7 Å². The monoisotopic (exact) mass is 488 g/mol. The highest BCUT2D eigenvalue weighted by atomic mass is 16.5. The Morgan fingerprint density at radius 2 is 2.06 bits per heavy atom. The molecular formula is C26H32N8O2. The van der Waals surface area contributed by atoms with E-state index >= 15 is 0 Å². The molecule has 6 N–H and O–H groups in total. The smallest absolute Gasteiger partial charge is 0.319 e. The van der Waals surface area contributed by atoms with Crippen molar-refractivity contribution in [2.24, 2.45) is 16.7 Å². The van der Waals surface area contributed by atoms with Crippen molar-refractivity contribution in [3.05, 3.63) is 48.0 Å². The van der Waals surface area contributed by atoms with Crippen LogP contribution in [-0.4, -0.2) is 41.2 Å². The number of hydrazine groups is 1. The number of nitrogens with two attached hydrogens (primary N) is 2. The Kier molecular flexibility index (Phi) is 7.61. The van der Waals surface area contributed by atoms with Crippen LogP contribution >= 0.6 is 0 Å². The average Bonchev–Trinajstić information content (AvgIpc) is 3.11. The maximum absolute atomic E-state index is 12.1. The van der Waals surface area contributed by atoms with Gasteiger partial charge in [-0.15, -0.1) is 0 Å². The van der Waals surface area contributed by atoms with Gasteiger partial charge in [-0.25, -0.2) is 15.8 Å². The lowest BCUT2D eigenvalue weighted by Gasteiger charge is -2.30. The number of hydrogen-bond donors (Lipinski definition) is 4. The summed E-state index contributed by atoms with van der Waals surface area (Å²) >= 11 is 0. The molecule has 0 saturated heterocycles. The number of hydrazone groups is 1. The number of anilines is 1. The minimum absolute atomic E-state index is 0.0446. The normalized spacial score (nSPS) is 13.5. The number of amides is 2. The number of aromatic nitrogens is 1.